The molecule has 1 aromatic heterocycles. The van der Waals surface area contributed by atoms with Gasteiger partial charge in [-0.25, -0.2) is 4.68 Å². The maximum Gasteiger partial charge on any atom is 0.153 e. The molecule has 20 heavy (non-hydrogen) atoms. The van der Waals surface area contributed by atoms with Gasteiger partial charge in [-0.05, 0) is 24.6 Å². The summed E-state index contributed by atoms with van der Waals surface area (Å²) in [5.74, 6) is 0.125. The van der Waals surface area contributed by atoms with Crippen molar-refractivity contribution >= 4 is 29.5 Å². The molecule has 0 amide bonds. The van der Waals surface area contributed by atoms with Gasteiger partial charge in [0.1, 0.15) is 0 Å². The minimum Gasteiger partial charge on any atom is -0.298 e. The van der Waals surface area contributed by atoms with Crippen LogP contribution in [0.4, 0.5) is 0 Å². The number of halogens is 2. The Morgan fingerprint density at radius 2 is 2.20 bits per heavy atom. The van der Waals surface area contributed by atoms with Gasteiger partial charge in [0.2, 0.25) is 0 Å². The van der Waals surface area contributed by atoms with Gasteiger partial charge in [0.05, 0.1) is 22.0 Å². The van der Waals surface area contributed by atoms with E-state index >= 15 is 0 Å². The molecular weight excluding hydrogens is 295 g/mol. The Morgan fingerprint density at radius 3 is 2.80 bits per heavy atom. The van der Waals surface area contributed by atoms with Crippen LogP contribution in [0.1, 0.15) is 35.3 Å². The highest BCUT2D eigenvalue weighted by molar-refractivity contribution is 6.35. The van der Waals surface area contributed by atoms with Gasteiger partial charge in [0, 0.05) is 17.1 Å². The first-order valence-corrected chi connectivity index (χ1v) is 6.93. The Morgan fingerprint density at radius 1 is 1.45 bits per heavy atom. The smallest absolute Gasteiger partial charge is 0.153 e. The molecule has 0 aliphatic heterocycles. The zero-order valence-corrected chi connectivity index (χ0v) is 12.5. The number of nitrogens with zero attached hydrogens (tertiary/aromatic N) is 2. The zero-order chi connectivity index (χ0) is 14.7. The second-order valence-electron chi connectivity index (χ2n) is 4.55. The summed E-state index contributed by atoms with van der Waals surface area (Å²) in [5, 5.41) is 5.51. The van der Waals surface area contributed by atoms with E-state index < -0.39 is 0 Å². The second-order valence-corrected chi connectivity index (χ2v) is 5.40. The van der Waals surface area contributed by atoms with E-state index in [0.29, 0.717) is 21.3 Å². The number of aldehydes is 1. The summed E-state index contributed by atoms with van der Waals surface area (Å²) in [7, 11) is 0. The van der Waals surface area contributed by atoms with Crippen molar-refractivity contribution in [2.45, 2.75) is 19.3 Å². The summed E-state index contributed by atoms with van der Waals surface area (Å²) in [6.07, 6.45) is 5.05. The van der Waals surface area contributed by atoms with Crippen molar-refractivity contribution in [1.82, 2.24) is 9.78 Å². The summed E-state index contributed by atoms with van der Waals surface area (Å²) in [4.78, 5) is 11.2. The van der Waals surface area contributed by atoms with Gasteiger partial charge in [-0.3, -0.25) is 4.79 Å². The summed E-state index contributed by atoms with van der Waals surface area (Å²) in [6.45, 7) is 5.72. The number of carbonyl (C=O) groups is 1. The molecule has 2 rings (SSSR count). The van der Waals surface area contributed by atoms with E-state index in [1.807, 2.05) is 13.0 Å². The molecule has 0 N–H and O–H groups in total. The molecule has 3 nitrogen and oxygen atoms in total. The predicted molar refractivity (Wildman–Crippen MR) is 82.2 cm³/mol. The third kappa shape index (κ3) is 2.94. The lowest BCUT2D eigenvalue weighted by molar-refractivity contribution is 0.112. The average molecular weight is 309 g/mol. The van der Waals surface area contributed by atoms with Crippen LogP contribution in [0.15, 0.2) is 37.1 Å². The van der Waals surface area contributed by atoms with Crippen molar-refractivity contribution in [3.8, 4) is 5.69 Å². The molecule has 1 aromatic carbocycles. The Balaban J connectivity index is 2.48. The van der Waals surface area contributed by atoms with Gasteiger partial charge >= 0.3 is 0 Å². The highest BCUT2D eigenvalue weighted by Crippen LogP contribution is 2.27. The van der Waals surface area contributed by atoms with E-state index in [-0.39, 0.29) is 5.92 Å². The van der Waals surface area contributed by atoms with Crippen LogP contribution in [0.2, 0.25) is 10.0 Å². The van der Waals surface area contributed by atoms with Crippen LogP contribution in [0.5, 0.6) is 0 Å². The maximum atomic E-state index is 11.2. The molecule has 0 spiro atoms. The fourth-order valence-corrected chi connectivity index (χ4v) is 2.52. The summed E-state index contributed by atoms with van der Waals surface area (Å²) < 4.78 is 1.61. The molecule has 0 aliphatic rings. The Kier molecular flexibility index (Phi) is 4.63. The number of benzene rings is 1. The highest BCUT2D eigenvalue weighted by atomic mass is 35.5. The first kappa shape index (κ1) is 14.8. The summed E-state index contributed by atoms with van der Waals surface area (Å²) in [6, 6.07) is 5.15. The molecule has 0 fully saturated rings. The molecule has 5 heteroatoms. The molecule has 0 saturated carbocycles. The van der Waals surface area contributed by atoms with Crippen molar-refractivity contribution in [3.05, 3.63) is 58.4 Å². The lowest BCUT2D eigenvalue weighted by atomic mass is 10.0. The Hall–Kier alpha value is -1.58. The predicted octanol–water partition coefficient (Wildman–Crippen LogP) is 4.67. The number of hydrogen-bond donors (Lipinski definition) is 0. The quantitative estimate of drug-likeness (QED) is 0.594. The lowest BCUT2D eigenvalue weighted by Gasteiger charge is -2.06. The SMILES string of the molecule is C=CCC(C)c1nn(-c2ccc(Cl)cc2Cl)cc1C=O. The normalized spacial score (nSPS) is 12.2. The van der Waals surface area contributed by atoms with Crippen LogP contribution in [0, 0.1) is 0 Å². The van der Waals surface area contributed by atoms with E-state index in [4.69, 9.17) is 23.2 Å². The molecule has 0 radical (unpaired) electrons. The van der Waals surface area contributed by atoms with Gasteiger partial charge < -0.3 is 0 Å². The monoisotopic (exact) mass is 308 g/mol. The molecule has 2 aromatic rings. The second kappa shape index (κ2) is 6.25. The molecule has 0 bridgehead atoms. The largest absolute Gasteiger partial charge is 0.298 e. The standard InChI is InChI=1S/C15H14Cl2N2O/c1-3-4-10(2)15-11(9-20)8-19(18-15)14-6-5-12(16)7-13(14)17/h3,5-10H,1,4H2,2H3. The van der Waals surface area contributed by atoms with Crippen molar-refractivity contribution in [2.24, 2.45) is 0 Å². The summed E-state index contributed by atoms with van der Waals surface area (Å²) >= 11 is 12.0. The van der Waals surface area contributed by atoms with Crippen molar-refractivity contribution in [2.75, 3.05) is 0 Å². The molecule has 104 valence electrons. The molecule has 1 unspecified atom stereocenters. The fraction of sp³-hybridized carbons (Fsp3) is 0.200. The van der Waals surface area contributed by atoms with E-state index in [9.17, 15) is 4.79 Å². The van der Waals surface area contributed by atoms with Gasteiger partial charge in [-0.2, -0.15) is 5.10 Å². The third-order valence-corrected chi connectivity index (χ3v) is 3.58. The Bertz CT molecular complexity index is 649. The van der Waals surface area contributed by atoms with Crippen LogP contribution in [0.25, 0.3) is 5.69 Å². The topological polar surface area (TPSA) is 34.9 Å². The van der Waals surface area contributed by atoms with E-state index in [2.05, 4.69) is 11.7 Å². The van der Waals surface area contributed by atoms with Crippen LogP contribution in [0.3, 0.4) is 0 Å². The van der Waals surface area contributed by atoms with Crippen molar-refractivity contribution in [3.63, 3.8) is 0 Å². The fourth-order valence-electron chi connectivity index (χ4n) is 2.03. The number of aromatic nitrogens is 2. The van der Waals surface area contributed by atoms with Gasteiger partial charge in [0.15, 0.2) is 6.29 Å². The summed E-state index contributed by atoms with van der Waals surface area (Å²) in [5.41, 5.74) is 1.99. The highest BCUT2D eigenvalue weighted by Gasteiger charge is 2.16. The van der Waals surface area contributed by atoms with Gasteiger partial charge in [-0.1, -0.05) is 36.2 Å². The number of carbonyl (C=O) groups excluding carboxylic acids is 1. The van der Waals surface area contributed by atoms with Gasteiger partial charge in [0.25, 0.3) is 0 Å². The molecule has 0 saturated heterocycles. The van der Waals surface area contributed by atoms with Gasteiger partial charge in [-0.15, -0.1) is 6.58 Å². The number of hydrogen-bond acceptors (Lipinski definition) is 2. The number of rotatable bonds is 5. The van der Waals surface area contributed by atoms with Crippen LogP contribution in [-0.2, 0) is 0 Å². The average Bonchev–Trinajstić information content (AvgIpc) is 2.83. The van der Waals surface area contributed by atoms with Crippen molar-refractivity contribution < 1.29 is 4.79 Å². The zero-order valence-electron chi connectivity index (χ0n) is 11.0. The van der Waals surface area contributed by atoms with E-state index in [1.165, 1.54) is 0 Å². The van der Waals surface area contributed by atoms with Crippen LogP contribution < -0.4 is 0 Å². The molecule has 1 heterocycles. The van der Waals surface area contributed by atoms with E-state index in [0.717, 1.165) is 18.4 Å². The molecule has 1 atom stereocenters. The molecule has 0 aliphatic carbocycles. The minimum atomic E-state index is 0.125. The lowest BCUT2D eigenvalue weighted by Crippen LogP contribution is -2.00. The first-order chi connectivity index (χ1) is 9.56. The first-order valence-electron chi connectivity index (χ1n) is 6.18. The maximum absolute atomic E-state index is 11.2. The molecular formula is C15H14Cl2N2O. The van der Waals surface area contributed by atoms with E-state index in [1.54, 1.807) is 29.1 Å². The Labute approximate surface area is 127 Å². The van der Waals surface area contributed by atoms with Crippen LogP contribution >= 0.6 is 23.2 Å². The minimum absolute atomic E-state index is 0.125. The van der Waals surface area contributed by atoms with Crippen molar-refractivity contribution in [1.29, 1.82) is 0 Å². The third-order valence-electron chi connectivity index (χ3n) is 3.04. The number of allylic oxidation sites excluding steroid dienone is 1. The van der Waals surface area contributed by atoms with Crippen LogP contribution in [-0.4, -0.2) is 16.1 Å².